The van der Waals surface area contributed by atoms with Gasteiger partial charge in [-0.2, -0.15) is 0 Å². The SMILES string of the molecule is C.OC[C@H]1O[C@@H](c2ccc(Cl)c(Cc3ccc(O[C@H]4CCOC4)cc3)c2)[C@H](O)[C@@H](O)[C@@H]1O. The summed E-state index contributed by atoms with van der Waals surface area (Å²) in [6.45, 7) is 0.872. The first kappa shape index (κ1) is 24.9. The van der Waals surface area contributed by atoms with Gasteiger partial charge in [-0.1, -0.05) is 43.3 Å². The monoisotopic (exact) mass is 466 g/mol. The van der Waals surface area contributed by atoms with Crippen molar-refractivity contribution in [2.24, 2.45) is 0 Å². The Hall–Kier alpha value is -1.71. The van der Waals surface area contributed by atoms with Gasteiger partial charge in [0.2, 0.25) is 0 Å². The molecule has 176 valence electrons. The third-order valence-electron chi connectivity index (χ3n) is 5.80. The Labute approximate surface area is 193 Å². The van der Waals surface area contributed by atoms with Crippen LogP contribution in [-0.4, -0.2) is 70.8 Å². The van der Waals surface area contributed by atoms with Gasteiger partial charge in [0.15, 0.2) is 0 Å². The van der Waals surface area contributed by atoms with Crippen LogP contribution in [0.2, 0.25) is 5.02 Å². The van der Waals surface area contributed by atoms with Crippen LogP contribution in [0.5, 0.6) is 5.75 Å². The van der Waals surface area contributed by atoms with Crippen LogP contribution in [0.4, 0.5) is 0 Å². The number of hydrogen-bond donors (Lipinski definition) is 4. The molecule has 0 aromatic heterocycles. The van der Waals surface area contributed by atoms with E-state index in [0.29, 0.717) is 23.6 Å². The summed E-state index contributed by atoms with van der Waals surface area (Å²) in [5.74, 6) is 0.792. The van der Waals surface area contributed by atoms with E-state index in [1.807, 2.05) is 30.3 Å². The van der Waals surface area contributed by atoms with Crippen LogP contribution in [0.25, 0.3) is 0 Å². The van der Waals surface area contributed by atoms with E-state index in [-0.39, 0.29) is 13.5 Å². The van der Waals surface area contributed by atoms with Crippen LogP contribution in [0.3, 0.4) is 0 Å². The fourth-order valence-corrected chi connectivity index (χ4v) is 4.17. The Morgan fingerprint density at radius 1 is 1.00 bits per heavy atom. The van der Waals surface area contributed by atoms with Gasteiger partial charge in [-0.15, -0.1) is 0 Å². The molecule has 2 aliphatic rings. The molecule has 2 heterocycles. The number of ether oxygens (including phenoxy) is 3. The van der Waals surface area contributed by atoms with Crippen LogP contribution in [0.1, 0.15) is 36.6 Å². The summed E-state index contributed by atoms with van der Waals surface area (Å²) in [4.78, 5) is 0. The highest BCUT2D eigenvalue weighted by Crippen LogP contribution is 2.34. The molecule has 2 aliphatic heterocycles. The van der Waals surface area contributed by atoms with Crippen molar-refractivity contribution >= 4 is 11.6 Å². The van der Waals surface area contributed by atoms with E-state index in [1.54, 1.807) is 12.1 Å². The van der Waals surface area contributed by atoms with Crippen molar-refractivity contribution in [3.8, 4) is 5.75 Å². The highest BCUT2D eigenvalue weighted by Gasteiger charge is 2.44. The van der Waals surface area contributed by atoms with E-state index in [9.17, 15) is 20.4 Å². The van der Waals surface area contributed by atoms with E-state index < -0.39 is 37.1 Å². The van der Waals surface area contributed by atoms with Gasteiger partial charge >= 0.3 is 0 Å². The third kappa shape index (κ3) is 5.43. The van der Waals surface area contributed by atoms with Crippen molar-refractivity contribution in [3.05, 3.63) is 64.2 Å². The van der Waals surface area contributed by atoms with E-state index in [1.165, 1.54) is 0 Å². The van der Waals surface area contributed by atoms with Crippen molar-refractivity contribution in [1.82, 2.24) is 0 Å². The molecule has 6 atom stereocenters. The topological polar surface area (TPSA) is 109 Å². The predicted octanol–water partition coefficient (Wildman–Crippen LogP) is 2.25. The normalized spacial score (nSPS) is 30.0. The van der Waals surface area contributed by atoms with Crippen molar-refractivity contribution in [2.45, 2.75) is 56.9 Å². The molecule has 0 bridgehead atoms. The molecule has 0 saturated carbocycles. The number of aliphatic hydroxyl groups is 4. The van der Waals surface area contributed by atoms with Gasteiger partial charge in [0, 0.05) is 11.4 Å². The third-order valence-corrected chi connectivity index (χ3v) is 6.17. The zero-order chi connectivity index (χ0) is 22.0. The van der Waals surface area contributed by atoms with Crippen molar-refractivity contribution in [3.63, 3.8) is 0 Å². The molecule has 2 aromatic rings. The minimum absolute atomic E-state index is 0. The number of halogens is 1. The maximum atomic E-state index is 10.4. The zero-order valence-corrected chi connectivity index (χ0v) is 17.7. The molecular weight excluding hydrogens is 436 g/mol. The van der Waals surface area contributed by atoms with E-state index >= 15 is 0 Å². The van der Waals surface area contributed by atoms with Gasteiger partial charge in [-0.05, 0) is 41.3 Å². The first-order chi connectivity index (χ1) is 15.0. The zero-order valence-electron chi connectivity index (χ0n) is 16.9. The molecule has 0 unspecified atom stereocenters. The Morgan fingerprint density at radius 3 is 2.41 bits per heavy atom. The second-order valence-electron chi connectivity index (χ2n) is 8.02. The fraction of sp³-hybridized carbons (Fsp3) is 0.500. The molecule has 32 heavy (non-hydrogen) atoms. The lowest BCUT2D eigenvalue weighted by molar-refractivity contribution is -0.231. The molecule has 0 spiro atoms. The Morgan fingerprint density at radius 2 is 1.75 bits per heavy atom. The molecule has 2 saturated heterocycles. The maximum Gasteiger partial charge on any atom is 0.124 e. The summed E-state index contributed by atoms with van der Waals surface area (Å²) in [6.07, 6.45) is -4.46. The molecule has 2 fully saturated rings. The molecular formula is C24H31ClO7. The van der Waals surface area contributed by atoms with Gasteiger partial charge in [0.1, 0.15) is 42.4 Å². The summed E-state index contributed by atoms with van der Waals surface area (Å²) < 4.78 is 16.9. The van der Waals surface area contributed by atoms with Crippen molar-refractivity contribution in [1.29, 1.82) is 0 Å². The second-order valence-corrected chi connectivity index (χ2v) is 8.43. The number of hydrogen-bond acceptors (Lipinski definition) is 7. The summed E-state index contributed by atoms with van der Waals surface area (Å²) >= 11 is 6.40. The molecule has 4 N–H and O–H groups in total. The summed E-state index contributed by atoms with van der Waals surface area (Å²) in [6, 6.07) is 13.0. The van der Waals surface area contributed by atoms with Crippen molar-refractivity contribution < 1.29 is 34.6 Å². The summed E-state index contributed by atoms with van der Waals surface area (Å²) in [7, 11) is 0. The molecule has 4 rings (SSSR count). The largest absolute Gasteiger partial charge is 0.488 e. The predicted molar refractivity (Wildman–Crippen MR) is 120 cm³/mol. The lowest BCUT2D eigenvalue weighted by Gasteiger charge is -2.40. The Bertz CT molecular complexity index is 867. The molecule has 0 aliphatic carbocycles. The first-order valence-corrected chi connectivity index (χ1v) is 10.8. The van der Waals surface area contributed by atoms with Crippen LogP contribution in [0, 0.1) is 0 Å². The van der Waals surface area contributed by atoms with Gasteiger partial charge in [-0.25, -0.2) is 0 Å². The van der Waals surface area contributed by atoms with Gasteiger partial charge in [0.05, 0.1) is 19.8 Å². The molecule has 8 heteroatoms. The van der Waals surface area contributed by atoms with Crippen LogP contribution >= 0.6 is 11.6 Å². The Kier molecular flexibility index (Phi) is 8.52. The molecule has 0 radical (unpaired) electrons. The smallest absolute Gasteiger partial charge is 0.124 e. The highest BCUT2D eigenvalue weighted by atomic mass is 35.5. The molecule has 7 nitrogen and oxygen atoms in total. The summed E-state index contributed by atoms with van der Waals surface area (Å²) in [5.41, 5.74) is 2.47. The standard InChI is InChI=1S/C23H27ClO7.CH4/c24-18-6-3-14(23-22(28)21(27)20(26)19(11-25)31-23)10-15(18)9-13-1-4-16(5-2-13)30-17-7-8-29-12-17;/h1-6,10,17,19-23,25-28H,7-9,11-12H2;1H4/t17-,19+,20+,21-,22+,23-;/m0./s1. The lowest BCUT2D eigenvalue weighted by Crippen LogP contribution is -2.55. The minimum Gasteiger partial charge on any atom is -0.488 e. The molecule has 0 amide bonds. The highest BCUT2D eigenvalue weighted by molar-refractivity contribution is 6.31. The van der Waals surface area contributed by atoms with E-state index in [0.717, 1.165) is 29.9 Å². The van der Waals surface area contributed by atoms with E-state index in [2.05, 4.69) is 0 Å². The average molecular weight is 467 g/mol. The Balaban J connectivity index is 0.00000289. The quantitative estimate of drug-likeness (QED) is 0.517. The second kappa shape index (κ2) is 10.9. The first-order valence-electron chi connectivity index (χ1n) is 10.4. The van der Waals surface area contributed by atoms with Crippen LogP contribution in [-0.2, 0) is 15.9 Å². The van der Waals surface area contributed by atoms with Crippen molar-refractivity contribution in [2.75, 3.05) is 19.8 Å². The number of benzene rings is 2. The van der Waals surface area contributed by atoms with Crippen LogP contribution in [0.15, 0.2) is 42.5 Å². The van der Waals surface area contributed by atoms with Crippen LogP contribution < -0.4 is 4.74 Å². The maximum absolute atomic E-state index is 10.4. The number of aliphatic hydroxyl groups excluding tert-OH is 4. The molecule has 2 aromatic carbocycles. The van der Waals surface area contributed by atoms with E-state index in [4.69, 9.17) is 25.8 Å². The van der Waals surface area contributed by atoms with Gasteiger partial charge in [0.25, 0.3) is 0 Å². The van der Waals surface area contributed by atoms with Gasteiger partial charge in [-0.3, -0.25) is 0 Å². The minimum atomic E-state index is -1.42. The van der Waals surface area contributed by atoms with Gasteiger partial charge < -0.3 is 34.6 Å². The lowest BCUT2D eigenvalue weighted by atomic mass is 9.90. The summed E-state index contributed by atoms with van der Waals surface area (Å²) in [5, 5.41) is 40.5. The average Bonchev–Trinajstić information content (AvgIpc) is 3.28. The number of rotatable bonds is 6. The fourth-order valence-electron chi connectivity index (χ4n) is 3.99.